The van der Waals surface area contributed by atoms with Crippen LogP contribution in [0.15, 0.2) is 18.2 Å². The Hall–Kier alpha value is -1.42. The minimum atomic E-state index is 0.668. The van der Waals surface area contributed by atoms with Crippen LogP contribution in [0.1, 0.15) is 13.3 Å². The highest BCUT2D eigenvalue weighted by Crippen LogP contribution is 2.26. The van der Waals surface area contributed by atoms with Crippen LogP contribution in [0, 0.1) is 0 Å². The molecule has 0 unspecified atom stereocenters. The van der Waals surface area contributed by atoms with Gasteiger partial charge in [-0.3, -0.25) is 0 Å². The van der Waals surface area contributed by atoms with Gasteiger partial charge in [-0.25, -0.2) is 5.84 Å². The number of nitrogens with two attached hydrogens (primary N) is 2. The van der Waals surface area contributed by atoms with E-state index in [1.54, 1.807) is 18.2 Å². The molecule has 0 saturated heterocycles. The third-order valence-corrected chi connectivity index (χ3v) is 2.01. The number of hydrogen-bond acceptors (Lipinski definition) is 4. The molecule has 4 nitrogen and oxygen atoms in total. The maximum atomic E-state index is 5.83. The molecule has 4 heteroatoms. The fourth-order valence-corrected chi connectivity index (χ4v) is 1.26. The first-order chi connectivity index (χ1) is 6.69. The quantitative estimate of drug-likeness (QED) is 0.432. The summed E-state index contributed by atoms with van der Waals surface area (Å²) in [5.74, 6) is 6.59. The standard InChI is InChI=1S/C10H17N3O/c1-3-6-13(12)10-7-8(14-2)4-5-9(10)11/h4-5,7H,3,6,11-12H2,1-2H3. The summed E-state index contributed by atoms with van der Waals surface area (Å²) in [5.41, 5.74) is 7.28. The van der Waals surface area contributed by atoms with Gasteiger partial charge in [-0.1, -0.05) is 6.92 Å². The average molecular weight is 195 g/mol. The number of ether oxygens (including phenoxy) is 1. The van der Waals surface area contributed by atoms with Crippen molar-refractivity contribution in [3.05, 3.63) is 18.2 Å². The van der Waals surface area contributed by atoms with E-state index in [1.165, 1.54) is 0 Å². The van der Waals surface area contributed by atoms with Gasteiger partial charge in [-0.2, -0.15) is 0 Å². The minimum absolute atomic E-state index is 0.668. The van der Waals surface area contributed by atoms with Crippen LogP contribution in [0.2, 0.25) is 0 Å². The summed E-state index contributed by atoms with van der Waals surface area (Å²) >= 11 is 0. The summed E-state index contributed by atoms with van der Waals surface area (Å²) in [4.78, 5) is 0. The molecule has 1 aromatic carbocycles. The van der Waals surface area contributed by atoms with Gasteiger partial charge in [0, 0.05) is 12.6 Å². The molecule has 0 bridgehead atoms. The van der Waals surface area contributed by atoms with Gasteiger partial charge in [-0.15, -0.1) is 0 Å². The van der Waals surface area contributed by atoms with Crippen LogP contribution in [-0.2, 0) is 0 Å². The van der Waals surface area contributed by atoms with Crippen LogP contribution in [-0.4, -0.2) is 13.7 Å². The van der Waals surface area contributed by atoms with Crippen LogP contribution in [0.5, 0.6) is 5.75 Å². The van der Waals surface area contributed by atoms with Crippen LogP contribution in [0.3, 0.4) is 0 Å². The highest BCUT2D eigenvalue weighted by atomic mass is 16.5. The molecule has 0 atom stereocenters. The molecule has 0 aliphatic heterocycles. The number of benzene rings is 1. The van der Waals surface area contributed by atoms with Gasteiger partial charge in [0.1, 0.15) is 5.75 Å². The molecule has 0 aromatic heterocycles. The SMILES string of the molecule is CCCN(N)c1cc(OC)ccc1N. The highest BCUT2D eigenvalue weighted by Gasteiger charge is 2.06. The Morgan fingerprint density at radius 1 is 1.43 bits per heavy atom. The second-order valence-corrected chi connectivity index (χ2v) is 3.12. The van der Waals surface area contributed by atoms with Crippen molar-refractivity contribution in [1.29, 1.82) is 0 Å². The van der Waals surface area contributed by atoms with Crippen LogP contribution < -0.4 is 21.3 Å². The molecule has 14 heavy (non-hydrogen) atoms. The lowest BCUT2D eigenvalue weighted by Gasteiger charge is -2.20. The molecule has 0 fully saturated rings. The molecule has 78 valence electrons. The summed E-state index contributed by atoms with van der Waals surface area (Å²) in [7, 11) is 1.62. The van der Waals surface area contributed by atoms with E-state index < -0.39 is 0 Å². The van der Waals surface area contributed by atoms with Crippen molar-refractivity contribution >= 4 is 11.4 Å². The Morgan fingerprint density at radius 3 is 2.71 bits per heavy atom. The van der Waals surface area contributed by atoms with Gasteiger partial charge in [-0.05, 0) is 18.6 Å². The Morgan fingerprint density at radius 2 is 2.14 bits per heavy atom. The summed E-state index contributed by atoms with van der Waals surface area (Å²) in [5, 5.41) is 1.64. The van der Waals surface area contributed by atoms with Gasteiger partial charge in [0.2, 0.25) is 0 Å². The van der Waals surface area contributed by atoms with Gasteiger partial charge >= 0.3 is 0 Å². The lowest BCUT2D eigenvalue weighted by atomic mass is 10.2. The fraction of sp³-hybridized carbons (Fsp3) is 0.400. The van der Waals surface area contributed by atoms with E-state index in [4.69, 9.17) is 16.3 Å². The minimum Gasteiger partial charge on any atom is -0.497 e. The second kappa shape index (κ2) is 4.72. The van der Waals surface area contributed by atoms with E-state index >= 15 is 0 Å². The van der Waals surface area contributed by atoms with E-state index in [2.05, 4.69) is 6.92 Å². The van der Waals surface area contributed by atoms with Crippen LogP contribution in [0.25, 0.3) is 0 Å². The van der Waals surface area contributed by atoms with E-state index in [1.807, 2.05) is 12.1 Å². The number of nitrogen functional groups attached to an aromatic ring is 1. The van der Waals surface area contributed by atoms with Crippen molar-refractivity contribution in [3.8, 4) is 5.75 Å². The van der Waals surface area contributed by atoms with Crippen LogP contribution >= 0.6 is 0 Å². The number of hydrazine groups is 1. The maximum Gasteiger partial charge on any atom is 0.121 e. The zero-order valence-corrected chi connectivity index (χ0v) is 8.66. The second-order valence-electron chi connectivity index (χ2n) is 3.12. The summed E-state index contributed by atoms with van der Waals surface area (Å²) < 4.78 is 5.10. The van der Waals surface area contributed by atoms with Crippen molar-refractivity contribution in [1.82, 2.24) is 0 Å². The molecule has 0 amide bonds. The Labute approximate surface area is 84.4 Å². The summed E-state index contributed by atoms with van der Waals surface area (Å²) in [6, 6.07) is 5.45. The van der Waals surface area contributed by atoms with Gasteiger partial charge in [0.05, 0.1) is 18.5 Å². The molecule has 0 aliphatic rings. The maximum absolute atomic E-state index is 5.83. The van der Waals surface area contributed by atoms with E-state index in [0.717, 1.165) is 24.4 Å². The zero-order chi connectivity index (χ0) is 10.6. The largest absolute Gasteiger partial charge is 0.497 e. The molecule has 0 aliphatic carbocycles. The number of nitrogens with zero attached hydrogens (tertiary/aromatic N) is 1. The first kappa shape index (κ1) is 10.7. The highest BCUT2D eigenvalue weighted by molar-refractivity contribution is 5.68. The van der Waals surface area contributed by atoms with Crippen molar-refractivity contribution < 1.29 is 4.74 Å². The normalized spacial score (nSPS) is 9.93. The van der Waals surface area contributed by atoms with E-state index in [0.29, 0.717) is 5.69 Å². The Balaban J connectivity index is 2.93. The number of anilines is 2. The molecule has 0 saturated carbocycles. The van der Waals surface area contributed by atoms with Crippen molar-refractivity contribution in [2.45, 2.75) is 13.3 Å². The lowest BCUT2D eigenvalue weighted by molar-refractivity contribution is 0.415. The van der Waals surface area contributed by atoms with Gasteiger partial charge in [0.15, 0.2) is 0 Å². The van der Waals surface area contributed by atoms with Crippen molar-refractivity contribution in [2.24, 2.45) is 5.84 Å². The molecule has 1 aromatic rings. The number of hydrogen-bond donors (Lipinski definition) is 2. The predicted molar refractivity (Wildman–Crippen MR) is 59.2 cm³/mol. The van der Waals surface area contributed by atoms with Gasteiger partial charge < -0.3 is 15.5 Å². The molecule has 0 radical (unpaired) electrons. The molecular formula is C10H17N3O. The summed E-state index contributed by atoms with van der Waals surface area (Å²) in [6.07, 6.45) is 0.979. The predicted octanol–water partition coefficient (Wildman–Crippen LogP) is 1.37. The first-order valence-electron chi connectivity index (χ1n) is 4.64. The molecule has 0 heterocycles. The number of rotatable bonds is 4. The van der Waals surface area contributed by atoms with E-state index in [-0.39, 0.29) is 0 Å². The molecule has 0 spiro atoms. The summed E-state index contributed by atoms with van der Waals surface area (Å²) in [6.45, 7) is 2.84. The lowest BCUT2D eigenvalue weighted by Crippen LogP contribution is -2.32. The van der Waals surface area contributed by atoms with Crippen LogP contribution in [0.4, 0.5) is 11.4 Å². The smallest absolute Gasteiger partial charge is 0.121 e. The third-order valence-electron chi connectivity index (χ3n) is 2.01. The third kappa shape index (κ3) is 2.29. The monoisotopic (exact) mass is 195 g/mol. The molecular weight excluding hydrogens is 178 g/mol. The van der Waals surface area contributed by atoms with Crippen molar-refractivity contribution in [3.63, 3.8) is 0 Å². The molecule has 1 rings (SSSR count). The van der Waals surface area contributed by atoms with Gasteiger partial charge in [0.25, 0.3) is 0 Å². The van der Waals surface area contributed by atoms with Crippen molar-refractivity contribution in [2.75, 3.05) is 24.4 Å². The Bertz CT molecular complexity index is 301. The topological polar surface area (TPSA) is 64.5 Å². The molecule has 4 N–H and O–H groups in total. The number of methoxy groups -OCH3 is 1. The fourth-order valence-electron chi connectivity index (χ4n) is 1.26. The average Bonchev–Trinajstić information content (AvgIpc) is 2.19. The van der Waals surface area contributed by atoms with E-state index in [9.17, 15) is 0 Å². The Kier molecular flexibility index (Phi) is 3.59. The first-order valence-corrected chi connectivity index (χ1v) is 4.64. The zero-order valence-electron chi connectivity index (χ0n) is 8.66.